The van der Waals surface area contributed by atoms with Crippen LogP contribution in [-0.4, -0.2) is 28.6 Å². The number of anilines is 1. The summed E-state index contributed by atoms with van der Waals surface area (Å²) in [6, 6.07) is 4.29. The Morgan fingerprint density at radius 2 is 2.06 bits per heavy atom. The minimum atomic E-state index is 0.0637. The van der Waals surface area contributed by atoms with Gasteiger partial charge in [-0.05, 0) is 18.6 Å². The fourth-order valence-corrected chi connectivity index (χ4v) is 3.73. The Morgan fingerprint density at radius 1 is 1.39 bits per heavy atom. The molecule has 1 aliphatic heterocycles. The van der Waals surface area contributed by atoms with Crippen molar-refractivity contribution >= 4 is 17.4 Å². The van der Waals surface area contributed by atoms with Crippen molar-refractivity contribution < 1.29 is 0 Å². The molecular weight excluding hydrogens is 242 g/mol. The van der Waals surface area contributed by atoms with Gasteiger partial charge in [0.2, 0.25) is 0 Å². The van der Waals surface area contributed by atoms with Gasteiger partial charge in [0, 0.05) is 29.6 Å². The third-order valence-electron chi connectivity index (χ3n) is 3.38. The van der Waals surface area contributed by atoms with Crippen LogP contribution in [0.3, 0.4) is 0 Å². The third-order valence-corrected chi connectivity index (χ3v) is 4.60. The van der Waals surface area contributed by atoms with Crippen molar-refractivity contribution in [2.45, 2.75) is 43.7 Å². The molecule has 1 aliphatic rings. The maximum Gasteiger partial charge on any atom is 0.0572 e. The number of aromatic nitrogens is 1. The Labute approximate surface area is 114 Å². The monoisotopic (exact) mass is 265 g/mol. The third kappa shape index (κ3) is 3.18. The van der Waals surface area contributed by atoms with Crippen molar-refractivity contribution in [2.24, 2.45) is 5.73 Å². The van der Waals surface area contributed by atoms with Gasteiger partial charge < -0.3 is 10.6 Å². The highest BCUT2D eigenvalue weighted by Gasteiger charge is 2.22. The van der Waals surface area contributed by atoms with Gasteiger partial charge in [-0.2, -0.15) is 11.8 Å². The summed E-state index contributed by atoms with van der Waals surface area (Å²) in [5.74, 6) is 0. The predicted octanol–water partition coefficient (Wildman–Crippen LogP) is 2.82. The van der Waals surface area contributed by atoms with E-state index in [1.165, 1.54) is 5.69 Å². The lowest BCUT2D eigenvalue weighted by atomic mass is 10.1. The first-order chi connectivity index (χ1) is 8.60. The van der Waals surface area contributed by atoms with Crippen molar-refractivity contribution in [1.29, 1.82) is 0 Å². The second kappa shape index (κ2) is 5.93. The number of nitrogens with zero attached hydrogens (tertiary/aromatic N) is 2. The van der Waals surface area contributed by atoms with Gasteiger partial charge in [-0.1, -0.05) is 20.8 Å². The van der Waals surface area contributed by atoms with Crippen molar-refractivity contribution in [3.8, 4) is 0 Å². The fraction of sp³-hybridized carbons (Fsp3) is 0.643. The zero-order valence-electron chi connectivity index (χ0n) is 11.5. The maximum absolute atomic E-state index is 5.99. The highest BCUT2D eigenvalue weighted by atomic mass is 32.2. The van der Waals surface area contributed by atoms with E-state index in [0.717, 1.165) is 25.2 Å². The van der Waals surface area contributed by atoms with Gasteiger partial charge >= 0.3 is 0 Å². The molecule has 1 fully saturated rings. The van der Waals surface area contributed by atoms with E-state index in [0.29, 0.717) is 10.5 Å². The number of rotatable bonds is 3. The van der Waals surface area contributed by atoms with Gasteiger partial charge in [-0.25, -0.2) is 0 Å². The maximum atomic E-state index is 5.99. The lowest BCUT2D eigenvalue weighted by Crippen LogP contribution is -2.40. The van der Waals surface area contributed by atoms with Gasteiger partial charge in [0.15, 0.2) is 0 Å². The Morgan fingerprint density at radius 3 is 2.56 bits per heavy atom. The zero-order valence-corrected chi connectivity index (χ0v) is 12.3. The lowest BCUT2D eigenvalue weighted by Gasteiger charge is -2.36. The SMILES string of the molecule is CC[C@H](N)c1ccc(N2CC(C)SC(C)C2)cn1. The van der Waals surface area contributed by atoms with E-state index in [2.05, 4.69) is 54.5 Å². The van der Waals surface area contributed by atoms with Crippen LogP contribution in [0.15, 0.2) is 18.3 Å². The molecule has 1 saturated heterocycles. The standard InChI is InChI=1S/C14H23N3S/c1-4-13(15)14-6-5-12(7-16-14)17-8-10(2)18-11(3)9-17/h5-7,10-11,13H,4,8-9,15H2,1-3H3/t10?,11?,13-/m0/s1. The van der Waals surface area contributed by atoms with Gasteiger partial charge in [0.25, 0.3) is 0 Å². The number of nitrogens with two attached hydrogens (primary N) is 1. The van der Waals surface area contributed by atoms with E-state index >= 15 is 0 Å². The average molecular weight is 265 g/mol. The predicted molar refractivity (Wildman–Crippen MR) is 80.2 cm³/mol. The molecule has 2 rings (SSSR count). The summed E-state index contributed by atoms with van der Waals surface area (Å²) in [5.41, 5.74) is 8.20. The molecular formula is C14H23N3S. The molecule has 2 unspecified atom stereocenters. The van der Waals surface area contributed by atoms with Crippen molar-refractivity contribution in [1.82, 2.24) is 4.98 Å². The van der Waals surface area contributed by atoms with Crippen LogP contribution in [0.25, 0.3) is 0 Å². The van der Waals surface area contributed by atoms with E-state index in [-0.39, 0.29) is 6.04 Å². The summed E-state index contributed by atoms with van der Waals surface area (Å²) in [4.78, 5) is 6.93. The molecule has 0 spiro atoms. The highest BCUT2D eigenvalue weighted by molar-refractivity contribution is 8.00. The Balaban J connectivity index is 2.09. The molecule has 0 aromatic carbocycles. The normalized spacial score (nSPS) is 26.1. The summed E-state index contributed by atoms with van der Waals surface area (Å²) in [7, 11) is 0. The second-order valence-corrected chi connectivity index (χ2v) is 7.00. The van der Waals surface area contributed by atoms with Gasteiger partial charge in [-0.3, -0.25) is 4.98 Å². The van der Waals surface area contributed by atoms with E-state index < -0.39 is 0 Å². The van der Waals surface area contributed by atoms with Crippen LogP contribution in [0.5, 0.6) is 0 Å². The second-order valence-electron chi connectivity index (χ2n) is 5.12. The Bertz CT molecular complexity index is 369. The molecule has 2 heterocycles. The molecule has 0 aliphatic carbocycles. The molecule has 4 heteroatoms. The van der Waals surface area contributed by atoms with Crippen LogP contribution in [0, 0.1) is 0 Å². The Kier molecular flexibility index (Phi) is 4.51. The number of hydrogen-bond acceptors (Lipinski definition) is 4. The first-order valence-electron chi connectivity index (χ1n) is 6.72. The molecule has 1 aromatic heterocycles. The summed E-state index contributed by atoms with van der Waals surface area (Å²) >= 11 is 2.07. The van der Waals surface area contributed by atoms with E-state index in [4.69, 9.17) is 5.73 Å². The van der Waals surface area contributed by atoms with E-state index in [9.17, 15) is 0 Å². The highest BCUT2D eigenvalue weighted by Crippen LogP contribution is 2.28. The average Bonchev–Trinajstić information content (AvgIpc) is 2.37. The fourth-order valence-electron chi connectivity index (χ4n) is 2.40. The molecule has 3 atom stereocenters. The van der Waals surface area contributed by atoms with Crippen LogP contribution >= 0.6 is 11.8 Å². The molecule has 3 nitrogen and oxygen atoms in total. The molecule has 2 N–H and O–H groups in total. The first kappa shape index (κ1) is 13.7. The van der Waals surface area contributed by atoms with E-state index in [1.54, 1.807) is 0 Å². The largest absolute Gasteiger partial charge is 0.368 e. The summed E-state index contributed by atoms with van der Waals surface area (Å²) < 4.78 is 0. The topological polar surface area (TPSA) is 42.1 Å². The Hall–Kier alpha value is -0.740. The summed E-state index contributed by atoms with van der Waals surface area (Å²) in [6.07, 6.45) is 2.90. The number of thioether (sulfide) groups is 1. The molecule has 0 radical (unpaired) electrons. The number of pyridine rings is 1. The molecule has 100 valence electrons. The summed E-state index contributed by atoms with van der Waals surface area (Å²) in [5, 5.41) is 1.37. The van der Waals surface area contributed by atoms with Gasteiger partial charge in [-0.15, -0.1) is 0 Å². The van der Waals surface area contributed by atoms with E-state index in [1.807, 2.05) is 6.20 Å². The van der Waals surface area contributed by atoms with Crippen LogP contribution in [0.1, 0.15) is 38.9 Å². The molecule has 0 saturated carbocycles. The van der Waals surface area contributed by atoms with Gasteiger partial charge in [0.05, 0.1) is 17.6 Å². The van der Waals surface area contributed by atoms with Crippen molar-refractivity contribution in [3.05, 3.63) is 24.0 Å². The minimum Gasteiger partial charge on any atom is -0.368 e. The summed E-state index contributed by atoms with van der Waals surface area (Å²) in [6.45, 7) is 8.89. The van der Waals surface area contributed by atoms with Crippen LogP contribution in [0.2, 0.25) is 0 Å². The smallest absolute Gasteiger partial charge is 0.0572 e. The van der Waals surface area contributed by atoms with Gasteiger partial charge in [0.1, 0.15) is 0 Å². The first-order valence-corrected chi connectivity index (χ1v) is 7.66. The zero-order chi connectivity index (χ0) is 13.1. The molecule has 0 amide bonds. The quantitative estimate of drug-likeness (QED) is 0.912. The lowest BCUT2D eigenvalue weighted by molar-refractivity contribution is 0.673. The number of hydrogen-bond donors (Lipinski definition) is 1. The van der Waals surface area contributed by atoms with Crippen LogP contribution in [-0.2, 0) is 0 Å². The van der Waals surface area contributed by atoms with Crippen molar-refractivity contribution in [3.63, 3.8) is 0 Å². The molecule has 18 heavy (non-hydrogen) atoms. The molecule has 0 bridgehead atoms. The molecule has 1 aromatic rings. The minimum absolute atomic E-state index is 0.0637. The van der Waals surface area contributed by atoms with Crippen molar-refractivity contribution in [2.75, 3.05) is 18.0 Å². The van der Waals surface area contributed by atoms with Crippen LogP contribution < -0.4 is 10.6 Å². The van der Waals surface area contributed by atoms with Crippen LogP contribution in [0.4, 0.5) is 5.69 Å².